The van der Waals surface area contributed by atoms with Crippen LogP contribution in [-0.2, 0) is 17.6 Å². The predicted octanol–water partition coefficient (Wildman–Crippen LogP) is 1.95. The average molecular weight is 290 g/mol. The quantitative estimate of drug-likeness (QED) is 0.793. The lowest BCUT2D eigenvalue weighted by molar-refractivity contribution is -0.140. The Bertz CT molecular complexity index is 528. The highest BCUT2D eigenvalue weighted by molar-refractivity contribution is 5.82. The van der Waals surface area contributed by atoms with Gasteiger partial charge in [0, 0.05) is 6.04 Å². The zero-order chi connectivity index (χ0) is 15.4. The van der Waals surface area contributed by atoms with Crippen LogP contribution in [-0.4, -0.2) is 29.2 Å². The van der Waals surface area contributed by atoms with Crippen molar-refractivity contribution in [2.45, 2.75) is 45.2 Å². The number of hydrogen-bond donors (Lipinski definition) is 3. The van der Waals surface area contributed by atoms with Gasteiger partial charge < -0.3 is 15.7 Å². The van der Waals surface area contributed by atoms with Crippen molar-refractivity contribution in [1.29, 1.82) is 0 Å². The standard InChI is InChI=1S/C16H22N2O3/c1-10(2)14(15(19)20)18-16(21)17-13-8-7-11-5-3-4-6-12(11)9-13/h3-6,10,13-14H,7-9H2,1-2H3,(H,19,20)(H2,17,18,21)/t13?,14-/m1/s1. The minimum Gasteiger partial charge on any atom is -0.480 e. The first-order valence-corrected chi connectivity index (χ1v) is 7.34. The SMILES string of the molecule is CC(C)[C@@H](NC(=O)NC1CCc2ccccc2C1)C(=O)O. The lowest BCUT2D eigenvalue weighted by Crippen LogP contribution is -2.51. The Kier molecular flexibility index (Phi) is 4.83. The number of carbonyl (C=O) groups is 2. The summed E-state index contributed by atoms with van der Waals surface area (Å²) in [6.45, 7) is 3.55. The van der Waals surface area contributed by atoms with Gasteiger partial charge in [-0.2, -0.15) is 0 Å². The number of urea groups is 1. The van der Waals surface area contributed by atoms with Gasteiger partial charge in [0.15, 0.2) is 0 Å². The molecule has 0 spiro atoms. The zero-order valence-corrected chi connectivity index (χ0v) is 12.4. The van der Waals surface area contributed by atoms with Gasteiger partial charge in [0.2, 0.25) is 0 Å². The zero-order valence-electron chi connectivity index (χ0n) is 12.4. The molecule has 1 aliphatic carbocycles. The Morgan fingerprint density at radius 3 is 2.52 bits per heavy atom. The molecule has 0 bridgehead atoms. The van der Waals surface area contributed by atoms with Crippen LogP contribution in [0, 0.1) is 5.92 Å². The third kappa shape index (κ3) is 3.97. The molecular weight excluding hydrogens is 268 g/mol. The van der Waals surface area contributed by atoms with Crippen LogP contribution in [0.3, 0.4) is 0 Å². The number of carboxylic acids is 1. The summed E-state index contributed by atoms with van der Waals surface area (Å²) in [6.07, 6.45) is 2.61. The highest BCUT2D eigenvalue weighted by Gasteiger charge is 2.25. The maximum absolute atomic E-state index is 12.0. The third-order valence-electron chi connectivity index (χ3n) is 3.90. The summed E-state index contributed by atoms with van der Waals surface area (Å²) in [4.78, 5) is 23.0. The molecule has 1 aliphatic rings. The number of aryl methyl sites for hydroxylation is 1. The molecule has 0 saturated heterocycles. The van der Waals surface area contributed by atoms with E-state index in [1.54, 1.807) is 13.8 Å². The number of fused-ring (bicyclic) bond motifs is 1. The second-order valence-corrected chi connectivity index (χ2v) is 5.89. The van der Waals surface area contributed by atoms with Crippen LogP contribution in [0.5, 0.6) is 0 Å². The Labute approximate surface area is 124 Å². The summed E-state index contributed by atoms with van der Waals surface area (Å²) in [5, 5.41) is 14.5. The monoisotopic (exact) mass is 290 g/mol. The van der Waals surface area contributed by atoms with E-state index < -0.39 is 18.0 Å². The number of aliphatic carboxylic acids is 1. The molecule has 5 nitrogen and oxygen atoms in total. The summed E-state index contributed by atoms with van der Waals surface area (Å²) in [6, 6.07) is 7.02. The number of hydrogen-bond acceptors (Lipinski definition) is 2. The van der Waals surface area contributed by atoms with Gasteiger partial charge in [-0.15, -0.1) is 0 Å². The number of benzene rings is 1. The summed E-state index contributed by atoms with van der Waals surface area (Å²) in [5.41, 5.74) is 2.59. The van der Waals surface area contributed by atoms with Gasteiger partial charge in [0.1, 0.15) is 6.04 Å². The maximum atomic E-state index is 12.0. The molecule has 2 amide bonds. The molecule has 2 atom stereocenters. The molecule has 0 fully saturated rings. The topological polar surface area (TPSA) is 78.4 Å². The molecule has 0 heterocycles. The third-order valence-corrected chi connectivity index (χ3v) is 3.90. The van der Waals surface area contributed by atoms with Gasteiger partial charge in [-0.25, -0.2) is 9.59 Å². The summed E-state index contributed by atoms with van der Waals surface area (Å²) in [7, 11) is 0. The summed E-state index contributed by atoms with van der Waals surface area (Å²) >= 11 is 0. The minimum absolute atomic E-state index is 0.0570. The van der Waals surface area contributed by atoms with Crippen molar-refractivity contribution < 1.29 is 14.7 Å². The van der Waals surface area contributed by atoms with E-state index in [1.807, 2.05) is 12.1 Å². The smallest absolute Gasteiger partial charge is 0.326 e. The molecular formula is C16H22N2O3. The Hall–Kier alpha value is -2.04. The number of carboxylic acid groups (broad SMARTS) is 1. The molecule has 114 valence electrons. The van der Waals surface area contributed by atoms with Crippen molar-refractivity contribution >= 4 is 12.0 Å². The Morgan fingerprint density at radius 1 is 1.24 bits per heavy atom. The first kappa shape index (κ1) is 15.4. The second-order valence-electron chi connectivity index (χ2n) is 5.89. The van der Waals surface area contributed by atoms with Crippen molar-refractivity contribution in [2.75, 3.05) is 0 Å². The molecule has 21 heavy (non-hydrogen) atoms. The summed E-state index contributed by atoms with van der Waals surface area (Å²) < 4.78 is 0. The van der Waals surface area contributed by atoms with E-state index in [-0.39, 0.29) is 12.0 Å². The lowest BCUT2D eigenvalue weighted by atomic mass is 9.88. The van der Waals surface area contributed by atoms with Crippen LogP contribution in [0.15, 0.2) is 24.3 Å². The predicted molar refractivity (Wildman–Crippen MR) is 80.2 cm³/mol. The van der Waals surface area contributed by atoms with Gasteiger partial charge >= 0.3 is 12.0 Å². The average Bonchev–Trinajstić information content (AvgIpc) is 2.44. The first-order valence-electron chi connectivity index (χ1n) is 7.34. The van der Waals surface area contributed by atoms with E-state index in [1.165, 1.54) is 11.1 Å². The molecule has 0 saturated carbocycles. The molecule has 5 heteroatoms. The van der Waals surface area contributed by atoms with Crippen molar-refractivity contribution in [3.63, 3.8) is 0 Å². The van der Waals surface area contributed by atoms with Crippen molar-refractivity contribution in [1.82, 2.24) is 10.6 Å². The first-order chi connectivity index (χ1) is 9.97. The maximum Gasteiger partial charge on any atom is 0.326 e. The molecule has 0 radical (unpaired) electrons. The molecule has 1 aromatic rings. The number of carbonyl (C=O) groups excluding carboxylic acids is 1. The van der Waals surface area contributed by atoms with E-state index in [4.69, 9.17) is 5.11 Å². The van der Waals surface area contributed by atoms with Crippen molar-refractivity contribution in [2.24, 2.45) is 5.92 Å². The fourth-order valence-electron chi connectivity index (χ4n) is 2.70. The van der Waals surface area contributed by atoms with Crippen LogP contribution in [0.25, 0.3) is 0 Å². The van der Waals surface area contributed by atoms with Gasteiger partial charge in [0.25, 0.3) is 0 Å². The van der Waals surface area contributed by atoms with E-state index in [0.29, 0.717) is 0 Å². The fraction of sp³-hybridized carbons (Fsp3) is 0.500. The van der Waals surface area contributed by atoms with E-state index in [2.05, 4.69) is 22.8 Å². The molecule has 0 aromatic heterocycles. The number of amides is 2. The largest absolute Gasteiger partial charge is 0.480 e. The van der Waals surface area contributed by atoms with Crippen LogP contribution in [0.4, 0.5) is 4.79 Å². The lowest BCUT2D eigenvalue weighted by Gasteiger charge is -2.26. The fourth-order valence-corrected chi connectivity index (χ4v) is 2.70. The molecule has 2 rings (SSSR count). The van der Waals surface area contributed by atoms with Gasteiger partial charge in [-0.1, -0.05) is 38.1 Å². The molecule has 3 N–H and O–H groups in total. The Morgan fingerprint density at radius 2 is 1.90 bits per heavy atom. The number of rotatable bonds is 4. The highest BCUT2D eigenvalue weighted by atomic mass is 16.4. The van der Waals surface area contributed by atoms with Crippen LogP contribution in [0.2, 0.25) is 0 Å². The van der Waals surface area contributed by atoms with Gasteiger partial charge in [-0.3, -0.25) is 0 Å². The van der Waals surface area contributed by atoms with Crippen molar-refractivity contribution in [3.05, 3.63) is 35.4 Å². The Balaban J connectivity index is 1.91. The van der Waals surface area contributed by atoms with Crippen LogP contribution >= 0.6 is 0 Å². The van der Waals surface area contributed by atoms with E-state index >= 15 is 0 Å². The minimum atomic E-state index is -1.01. The highest BCUT2D eigenvalue weighted by Crippen LogP contribution is 2.20. The summed E-state index contributed by atoms with van der Waals surface area (Å²) in [5.74, 6) is -1.16. The van der Waals surface area contributed by atoms with E-state index in [0.717, 1.165) is 19.3 Å². The van der Waals surface area contributed by atoms with Crippen LogP contribution in [0.1, 0.15) is 31.4 Å². The van der Waals surface area contributed by atoms with E-state index in [9.17, 15) is 9.59 Å². The molecule has 1 unspecified atom stereocenters. The number of nitrogens with one attached hydrogen (secondary N) is 2. The van der Waals surface area contributed by atoms with Crippen LogP contribution < -0.4 is 10.6 Å². The molecule has 1 aromatic carbocycles. The van der Waals surface area contributed by atoms with Gasteiger partial charge in [0.05, 0.1) is 0 Å². The molecule has 0 aliphatic heterocycles. The second kappa shape index (κ2) is 6.61. The van der Waals surface area contributed by atoms with Crippen molar-refractivity contribution in [3.8, 4) is 0 Å². The van der Waals surface area contributed by atoms with Gasteiger partial charge in [-0.05, 0) is 36.3 Å². The normalized spacial score (nSPS) is 18.7.